The quantitative estimate of drug-likeness (QED) is 0.719. The van der Waals surface area contributed by atoms with Gasteiger partial charge in [0.1, 0.15) is 0 Å². The number of methoxy groups -OCH3 is 1. The van der Waals surface area contributed by atoms with E-state index < -0.39 is 0 Å². The van der Waals surface area contributed by atoms with Crippen molar-refractivity contribution in [1.29, 1.82) is 0 Å². The van der Waals surface area contributed by atoms with Crippen molar-refractivity contribution < 1.29 is 9.53 Å². The summed E-state index contributed by atoms with van der Waals surface area (Å²) in [5.74, 6) is 0.987. The van der Waals surface area contributed by atoms with Gasteiger partial charge in [-0.3, -0.25) is 0 Å². The number of carbonyl (C=O) groups excluding carboxylic acids is 1. The van der Waals surface area contributed by atoms with Crippen molar-refractivity contribution in [3.05, 3.63) is 24.3 Å². The molecule has 5 heteroatoms. The van der Waals surface area contributed by atoms with E-state index in [-0.39, 0.29) is 11.4 Å². The van der Waals surface area contributed by atoms with Crippen LogP contribution in [0.15, 0.2) is 29.2 Å². The first kappa shape index (κ1) is 16.2. The molecular weight excluding hydrogens is 284 g/mol. The first-order valence-electron chi connectivity index (χ1n) is 7.45. The van der Waals surface area contributed by atoms with Crippen LogP contribution in [0.3, 0.4) is 0 Å². The highest BCUT2D eigenvalue weighted by molar-refractivity contribution is 7.99. The van der Waals surface area contributed by atoms with Gasteiger partial charge in [-0.25, -0.2) is 4.79 Å². The Morgan fingerprint density at radius 2 is 2.14 bits per heavy atom. The molecule has 4 nitrogen and oxygen atoms in total. The van der Waals surface area contributed by atoms with E-state index in [9.17, 15) is 4.79 Å². The Morgan fingerprint density at radius 3 is 2.81 bits per heavy atom. The number of nitrogens with one attached hydrogen (secondary N) is 2. The van der Waals surface area contributed by atoms with E-state index in [0.29, 0.717) is 0 Å². The molecule has 0 spiro atoms. The normalized spacial score (nSPS) is 15.5. The molecule has 1 aliphatic carbocycles. The smallest absolute Gasteiger partial charge is 0.319 e. The minimum Gasteiger partial charge on any atom is -0.385 e. The minimum atomic E-state index is -0.122. The summed E-state index contributed by atoms with van der Waals surface area (Å²) in [4.78, 5) is 13.2. The van der Waals surface area contributed by atoms with Gasteiger partial charge in [0.25, 0.3) is 0 Å². The zero-order valence-electron chi connectivity index (χ0n) is 12.8. The molecule has 0 aromatic heterocycles. The monoisotopic (exact) mass is 308 g/mol. The Bertz CT molecular complexity index is 475. The summed E-state index contributed by atoms with van der Waals surface area (Å²) in [5, 5.41) is 5.95. The van der Waals surface area contributed by atoms with Gasteiger partial charge in [-0.05, 0) is 42.6 Å². The third kappa shape index (κ3) is 4.93. The van der Waals surface area contributed by atoms with Gasteiger partial charge < -0.3 is 15.4 Å². The lowest BCUT2D eigenvalue weighted by atomic mass is 10.0. The predicted molar refractivity (Wildman–Crippen MR) is 88.0 cm³/mol. The molecule has 0 unspecified atom stereocenters. The fraction of sp³-hybridized carbons (Fsp3) is 0.562. The fourth-order valence-electron chi connectivity index (χ4n) is 2.30. The molecule has 116 valence electrons. The topological polar surface area (TPSA) is 50.4 Å². The SMILES string of the molecule is CCSc1ccccc1NC(=O)NCC1(CCOC)CC1. The first-order chi connectivity index (χ1) is 10.2. The second-order valence-corrected chi connectivity index (χ2v) is 6.79. The molecule has 2 rings (SSSR count). The molecule has 1 aromatic rings. The van der Waals surface area contributed by atoms with Crippen molar-refractivity contribution in [2.45, 2.75) is 31.1 Å². The van der Waals surface area contributed by atoms with Crippen molar-refractivity contribution in [2.75, 3.05) is 31.3 Å². The van der Waals surface area contributed by atoms with Gasteiger partial charge in [-0.1, -0.05) is 19.1 Å². The van der Waals surface area contributed by atoms with Crippen LogP contribution in [-0.2, 0) is 4.74 Å². The van der Waals surface area contributed by atoms with Crippen LogP contribution in [0.25, 0.3) is 0 Å². The van der Waals surface area contributed by atoms with Gasteiger partial charge in [0.05, 0.1) is 5.69 Å². The van der Waals surface area contributed by atoms with Gasteiger partial charge in [-0.15, -0.1) is 11.8 Å². The lowest BCUT2D eigenvalue weighted by Crippen LogP contribution is -2.34. The van der Waals surface area contributed by atoms with E-state index in [0.717, 1.165) is 35.9 Å². The van der Waals surface area contributed by atoms with Crippen LogP contribution >= 0.6 is 11.8 Å². The molecule has 1 fully saturated rings. The van der Waals surface area contributed by atoms with Crippen molar-refractivity contribution >= 4 is 23.5 Å². The fourth-order valence-corrected chi connectivity index (χ4v) is 3.06. The Hall–Kier alpha value is -1.20. The van der Waals surface area contributed by atoms with Crippen molar-refractivity contribution in [3.8, 4) is 0 Å². The number of ether oxygens (including phenoxy) is 1. The Labute approximate surface area is 131 Å². The number of thioether (sulfide) groups is 1. The number of hydrogen-bond donors (Lipinski definition) is 2. The standard InChI is InChI=1S/C16H24N2O2S/c1-3-21-14-7-5-4-6-13(14)18-15(19)17-12-16(8-9-16)10-11-20-2/h4-7H,3,8-12H2,1-2H3,(H2,17,18,19). The molecule has 21 heavy (non-hydrogen) atoms. The average Bonchev–Trinajstić information content (AvgIpc) is 3.26. The van der Waals surface area contributed by atoms with Crippen molar-refractivity contribution in [1.82, 2.24) is 5.32 Å². The maximum absolute atomic E-state index is 12.1. The van der Waals surface area contributed by atoms with Gasteiger partial charge in [0.15, 0.2) is 0 Å². The van der Waals surface area contributed by atoms with Crippen LogP contribution in [0.4, 0.5) is 10.5 Å². The summed E-state index contributed by atoms with van der Waals surface area (Å²) in [6.07, 6.45) is 3.38. The third-order valence-electron chi connectivity index (χ3n) is 3.85. The number of hydrogen-bond acceptors (Lipinski definition) is 3. The van der Waals surface area contributed by atoms with Crippen LogP contribution < -0.4 is 10.6 Å². The van der Waals surface area contributed by atoms with Crippen LogP contribution in [0.1, 0.15) is 26.2 Å². The maximum Gasteiger partial charge on any atom is 0.319 e. The third-order valence-corrected chi connectivity index (χ3v) is 4.81. The summed E-state index contributed by atoms with van der Waals surface area (Å²) in [6, 6.07) is 7.78. The summed E-state index contributed by atoms with van der Waals surface area (Å²) < 4.78 is 5.13. The van der Waals surface area contributed by atoms with E-state index in [4.69, 9.17) is 4.74 Å². The highest BCUT2D eigenvalue weighted by Crippen LogP contribution is 2.48. The molecule has 1 aromatic carbocycles. The largest absolute Gasteiger partial charge is 0.385 e. The highest BCUT2D eigenvalue weighted by Gasteiger charge is 2.42. The number of rotatable bonds is 8. The summed E-state index contributed by atoms with van der Waals surface area (Å²) in [6.45, 7) is 3.60. The Kier molecular flexibility index (Phi) is 5.94. The molecule has 1 saturated carbocycles. The molecule has 2 amide bonds. The Balaban J connectivity index is 1.82. The van der Waals surface area contributed by atoms with Crippen LogP contribution in [0.5, 0.6) is 0 Å². The lowest BCUT2D eigenvalue weighted by Gasteiger charge is -2.16. The zero-order chi connectivity index (χ0) is 15.1. The molecular formula is C16H24N2O2S. The molecule has 0 radical (unpaired) electrons. The number of amides is 2. The van der Waals surface area contributed by atoms with Gasteiger partial charge >= 0.3 is 6.03 Å². The molecule has 0 saturated heterocycles. The Morgan fingerprint density at radius 1 is 1.38 bits per heavy atom. The summed E-state index contributed by atoms with van der Waals surface area (Å²) in [7, 11) is 1.72. The van der Waals surface area contributed by atoms with Gasteiger partial charge in [0, 0.05) is 25.2 Å². The molecule has 0 atom stereocenters. The second-order valence-electron chi connectivity index (χ2n) is 5.48. The van der Waals surface area contributed by atoms with Gasteiger partial charge in [0.2, 0.25) is 0 Å². The van der Waals surface area contributed by atoms with Crippen LogP contribution in [0, 0.1) is 5.41 Å². The van der Waals surface area contributed by atoms with E-state index >= 15 is 0 Å². The van der Waals surface area contributed by atoms with E-state index in [2.05, 4.69) is 17.6 Å². The molecule has 1 aliphatic rings. The molecule has 0 aliphatic heterocycles. The zero-order valence-corrected chi connectivity index (χ0v) is 13.6. The predicted octanol–water partition coefficient (Wildman–Crippen LogP) is 3.74. The molecule has 0 bridgehead atoms. The number of urea groups is 1. The van der Waals surface area contributed by atoms with Crippen LogP contribution in [0.2, 0.25) is 0 Å². The van der Waals surface area contributed by atoms with Crippen LogP contribution in [-0.4, -0.2) is 32.0 Å². The second kappa shape index (κ2) is 7.71. The lowest BCUT2D eigenvalue weighted by molar-refractivity contribution is 0.171. The maximum atomic E-state index is 12.1. The van der Waals surface area contributed by atoms with Crippen molar-refractivity contribution in [2.24, 2.45) is 5.41 Å². The first-order valence-corrected chi connectivity index (χ1v) is 8.43. The van der Waals surface area contributed by atoms with E-state index in [1.807, 2.05) is 24.3 Å². The summed E-state index contributed by atoms with van der Waals surface area (Å²) >= 11 is 1.73. The van der Waals surface area contributed by atoms with E-state index in [1.54, 1.807) is 18.9 Å². The number of para-hydroxylation sites is 1. The highest BCUT2D eigenvalue weighted by atomic mass is 32.2. The number of anilines is 1. The minimum absolute atomic E-state index is 0.122. The number of benzene rings is 1. The van der Waals surface area contributed by atoms with E-state index in [1.165, 1.54) is 12.8 Å². The average molecular weight is 308 g/mol. The van der Waals surface area contributed by atoms with Gasteiger partial charge in [-0.2, -0.15) is 0 Å². The number of carbonyl (C=O) groups is 1. The molecule has 2 N–H and O–H groups in total. The molecule has 0 heterocycles. The summed E-state index contributed by atoms with van der Waals surface area (Å²) in [5.41, 5.74) is 1.15. The van der Waals surface area contributed by atoms with Crippen molar-refractivity contribution in [3.63, 3.8) is 0 Å².